The van der Waals surface area contributed by atoms with Crippen LogP contribution in [0.25, 0.3) is 0 Å². The molecule has 1 atom stereocenters. The number of rotatable bonds is 4. The second-order valence-electron chi connectivity index (χ2n) is 3.13. The summed E-state index contributed by atoms with van der Waals surface area (Å²) in [6.45, 7) is 0. The SMILES string of the molecule is C#CCC(=O)N[C@H](C(=O)O)c1ccccc1. The van der Waals surface area contributed by atoms with Crippen molar-refractivity contribution in [3.05, 3.63) is 35.9 Å². The molecule has 0 aliphatic carbocycles. The predicted molar refractivity (Wildman–Crippen MR) is 58.4 cm³/mol. The number of terminal acetylenes is 1. The third kappa shape index (κ3) is 3.14. The van der Waals surface area contributed by atoms with Crippen molar-refractivity contribution in [2.45, 2.75) is 12.5 Å². The number of nitrogens with one attached hydrogen (secondary N) is 1. The molecule has 1 amide bonds. The average molecular weight is 217 g/mol. The number of benzene rings is 1. The highest BCUT2D eigenvalue weighted by molar-refractivity contribution is 5.85. The molecule has 0 bridgehead atoms. The van der Waals surface area contributed by atoms with Gasteiger partial charge >= 0.3 is 5.97 Å². The zero-order chi connectivity index (χ0) is 12.0. The molecule has 4 heteroatoms. The van der Waals surface area contributed by atoms with Crippen LogP contribution in [-0.2, 0) is 9.59 Å². The van der Waals surface area contributed by atoms with Gasteiger partial charge in [-0.3, -0.25) is 4.79 Å². The number of carboxylic acids is 1. The van der Waals surface area contributed by atoms with Gasteiger partial charge in [-0.05, 0) is 5.56 Å². The standard InChI is InChI=1S/C12H11NO3/c1-2-6-10(14)13-11(12(15)16)9-7-4-3-5-8-9/h1,3-5,7-8,11H,6H2,(H,13,14)(H,15,16)/t11-/m0/s1. The van der Waals surface area contributed by atoms with Crippen LogP contribution >= 0.6 is 0 Å². The zero-order valence-corrected chi connectivity index (χ0v) is 8.51. The highest BCUT2D eigenvalue weighted by Gasteiger charge is 2.20. The first-order valence-corrected chi connectivity index (χ1v) is 4.65. The van der Waals surface area contributed by atoms with E-state index >= 15 is 0 Å². The molecule has 0 fully saturated rings. The highest BCUT2D eigenvalue weighted by atomic mass is 16.4. The van der Waals surface area contributed by atoms with Crippen molar-refractivity contribution in [3.8, 4) is 12.3 Å². The zero-order valence-electron chi connectivity index (χ0n) is 8.51. The molecule has 1 rings (SSSR count). The number of aliphatic carboxylic acids is 1. The summed E-state index contributed by atoms with van der Waals surface area (Å²) < 4.78 is 0. The Morgan fingerprint density at radius 1 is 1.38 bits per heavy atom. The van der Waals surface area contributed by atoms with Crippen LogP contribution in [-0.4, -0.2) is 17.0 Å². The van der Waals surface area contributed by atoms with Crippen molar-refractivity contribution in [2.75, 3.05) is 0 Å². The minimum atomic E-state index is -1.11. The molecule has 16 heavy (non-hydrogen) atoms. The monoisotopic (exact) mass is 217 g/mol. The van der Waals surface area contributed by atoms with E-state index in [1.54, 1.807) is 30.3 Å². The van der Waals surface area contributed by atoms with Crippen LogP contribution in [0.4, 0.5) is 0 Å². The van der Waals surface area contributed by atoms with Crippen LogP contribution in [0.1, 0.15) is 18.0 Å². The predicted octanol–water partition coefficient (Wildman–Crippen LogP) is 0.952. The van der Waals surface area contributed by atoms with Gasteiger partial charge in [-0.25, -0.2) is 4.79 Å². The van der Waals surface area contributed by atoms with Crippen molar-refractivity contribution in [2.24, 2.45) is 0 Å². The Bertz CT molecular complexity index is 420. The van der Waals surface area contributed by atoms with Crippen LogP contribution in [0.2, 0.25) is 0 Å². The van der Waals surface area contributed by atoms with Gasteiger partial charge in [0.2, 0.25) is 5.91 Å². The van der Waals surface area contributed by atoms with E-state index < -0.39 is 17.9 Å². The summed E-state index contributed by atoms with van der Waals surface area (Å²) in [5, 5.41) is 11.3. The van der Waals surface area contributed by atoms with E-state index in [2.05, 4.69) is 11.2 Å². The Morgan fingerprint density at radius 2 is 2.00 bits per heavy atom. The molecule has 0 spiro atoms. The van der Waals surface area contributed by atoms with Crippen molar-refractivity contribution in [1.82, 2.24) is 5.32 Å². The molecule has 82 valence electrons. The summed E-state index contributed by atoms with van der Waals surface area (Å²) >= 11 is 0. The molecule has 1 aromatic rings. The van der Waals surface area contributed by atoms with Gasteiger partial charge in [-0.1, -0.05) is 36.3 Å². The van der Waals surface area contributed by atoms with Crippen molar-refractivity contribution in [3.63, 3.8) is 0 Å². The van der Waals surface area contributed by atoms with Crippen molar-refractivity contribution in [1.29, 1.82) is 0 Å². The first kappa shape index (κ1) is 11.8. The normalized spacial score (nSPS) is 11.2. The van der Waals surface area contributed by atoms with Crippen molar-refractivity contribution >= 4 is 11.9 Å². The molecule has 0 aromatic heterocycles. The van der Waals surface area contributed by atoms with E-state index in [1.165, 1.54) is 0 Å². The number of carboxylic acid groups (broad SMARTS) is 1. The quantitative estimate of drug-likeness (QED) is 0.738. The van der Waals surface area contributed by atoms with Crippen LogP contribution < -0.4 is 5.32 Å². The maximum absolute atomic E-state index is 11.2. The van der Waals surface area contributed by atoms with E-state index in [0.29, 0.717) is 5.56 Å². The number of carbonyl (C=O) groups excluding carboxylic acids is 1. The van der Waals surface area contributed by atoms with E-state index in [9.17, 15) is 9.59 Å². The number of hydrogen-bond acceptors (Lipinski definition) is 2. The van der Waals surface area contributed by atoms with Gasteiger partial charge in [-0.2, -0.15) is 0 Å². The van der Waals surface area contributed by atoms with Crippen LogP contribution in [0, 0.1) is 12.3 Å². The highest BCUT2D eigenvalue weighted by Crippen LogP contribution is 2.12. The molecule has 0 saturated heterocycles. The number of carbonyl (C=O) groups is 2. The fourth-order valence-electron chi connectivity index (χ4n) is 1.24. The van der Waals surface area contributed by atoms with Crippen LogP contribution in [0.5, 0.6) is 0 Å². The van der Waals surface area contributed by atoms with Gasteiger partial charge < -0.3 is 10.4 Å². The molecule has 2 N–H and O–H groups in total. The summed E-state index contributed by atoms with van der Waals surface area (Å²) in [5.41, 5.74) is 0.514. The Labute approximate surface area is 93.3 Å². The maximum Gasteiger partial charge on any atom is 0.330 e. The smallest absolute Gasteiger partial charge is 0.330 e. The van der Waals surface area contributed by atoms with Crippen molar-refractivity contribution < 1.29 is 14.7 Å². The molecule has 1 aromatic carbocycles. The topological polar surface area (TPSA) is 66.4 Å². The van der Waals surface area contributed by atoms with Gasteiger partial charge in [0.05, 0.1) is 6.42 Å². The lowest BCUT2D eigenvalue weighted by atomic mass is 10.1. The van der Waals surface area contributed by atoms with E-state index in [0.717, 1.165) is 0 Å². The first-order valence-electron chi connectivity index (χ1n) is 4.65. The number of hydrogen-bond donors (Lipinski definition) is 2. The Hall–Kier alpha value is -2.28. The molecule has 0 unspecified atom stereocenters. The van der Waals surface area contributed by atoms with Gasteiger partial charge in [0.25, 0.3) is 0 Å². The minimum Gasteiger partial charge on any atom is -0.479 e. The second-order valence-corrected chi connectivity index (χ2v) is 3.13. The summed E-state index contributed by atoms with van der Waals surface area (Å²) in [4.78, 5) is 22.2. The molecule has 4 nitrogen and oxygen atoms in total. The number of amides is 1. The largest absolute Gasteiger partial charge is 0.479 e. The third-order valence-corrected chi connectivity index (χ3v) is 1.95. The van der Waals surface area contributed by atoms with Gasteiger partial charge in [0, 0.05) is 0 Å². The maximum atomic E-state index is 11.2. The summed E-state index contributed by atoms with van der Waals surface area (Å²) in [6.07, 6.45) is 4.83. The summed E-state index contributed by atoms with van der Waals surface area (Å²) in [6, 6.07) is 7.40. The van der Waals surface area contributed by atoms with E-state index in [-0.39, 0.29) is 6.42 Å². The minimum absolute atomic E-state index is 0.128. The van der Waals surface area contributed by atoms with E-state index in [1.807, 2.05) is 0 Å². The molecule has 0 aliphatic heterocycles. The lowest BCUT2D eigenvalue weighted by molar-refractivity contribution is -0.141. The van der Waals surface area contributed by atoms with Crippen LogP contribution in [0.15, 0.2) is 30.3 Å². The van der Waals surface area contributed by atoms with E-state index in [4.69, 9.17) is 11.5 Å². The molecular formula is C12H11NO3. The molecule has 0 saturated carbocycles. The third-order valence-electron chi connectivity index (χ3n) is 1.95. The molecular weight excluding hydrogens is 206 g/mol. The van der Waals surface area contributed by atoms with Crippen LogP contribution in [0.3, 0.4) is 0 Å². The molecule has 0 aliphatic rings. The van der Waals surface area contributed by atoms with Gasteiger partial charge in [0.15, 0.2) is 6.04 Å². The summed E-state index contributed by atoms with van der Waals surface area (Å²) in [5.74, 6) is 0.571. The Morgan fingerprint density at radius 3 is 2.50 bits per heavy atom. The first-order chi connectivity index (χ1) is 7.65. The summed E-state index contributed by atoms with van der Waals surface area (Å²) in [7, 11) is 0. The fraction of sp³-hybridized carbons (Fsp3) is 0.167. The van der Waals surface area contributed by atoms with Gasteiger partial charge in [-0.15, -0.1) is 6.42 Å². The lowest BCUT2D eigenvalue weighted by Gasteiger charge is -2.13. The Balaban J connectivity index is 2.82. The average Bonchev–Trinajstić information content (AvgIpc) is 2.27. The molecule has 0 heterocycles. The Kier molecular flexibility index (Phi) is 4.10. The fourth-order valence-corrected chi connectivity index (χ4v) is 1.24. The lowest BCUT2D eigenvalue weighted by Crippen LogP contribution is -2.33. The second kappa shape index (κ2) is 5.56. The molecule has 0 radical (unpaired) electrons. The van der Waals surface area contributed by atoms with Gasteiger partial charge in [0.1, 0.15) is 0 Å².